The van der Waals surface area contributed by atoms with Crippen LogP contribution in [0, 0.1) is 11.8 Å². The van der Waals surface area contributed by atoms with Crippen LogP contribution in [-0.4, -0.2) is 34.9 Å². The Kier molecular flexibility index (Phi) is 11.9. The van der Waals surface area contributed by atoms with Crippen molar-refractivity contribution in [2.24, 2.45) is 11.8 Å². The first-order chi connectivity index (χ1) is 18.8. The summed E-state index contributed by atoms with van der Waals surface area (Å²) < 4.78 is 5.60. The molecule has 6 nitrogen and oxygen atoms in total. The summed E-state index contributed by atoms with van der Waals surface area (Å²) >= 11 is 0. The van der Waals surface area contributed by atoms with E-state index in [-0.39, 0.29) is 31.1 Å². The zero-order valence-electron chi connectivity index (χ0n) is 22.8. The average Bonchev–Trinajstić information content (AvgIpc) is 2.95. The Morgan fingerprint density at radius 3 is 1.90 bits per heavy atom. The van der Waals surface area contributed by atoms with Crippen LogP contribution in [0.5, 0.6) is 0 Å². The second kappa shape index (κ2) is 15.6. The third kappa shape index (κ3) is 10.5. The fraction of sp³-hybridized carbons (Fsp3) is 0.364. The number of aliphatic hydroxyl groups is 1. The first-order valence-corrected chi connectivity index (χ1v) is 13.6. The Morgan fingerprint density at radius 2 is 1.33 bits per heavy atom. The van der Waals surface area contributed by atoms with Crippen LogP contribution in [0.3, 0.4) is 0 Å². The van der Waals surface area contributed by atoms with Gasteiger partial charge in [-0.2, -0.15) is 0 Å². The van der Waals surface area contributed by atoms with Gasteiger partial charge in [0, 0.05) is 6.42 Å². The quantitative estimate of drug-likeness (QED) is 0.268. The molecule has 0 saturated carbocycles. The third-order valence-corrected chi connectivity index (χ3v) is 6.59. The summed E-state index contributed by atoms with van der Waals surface area (Å²) in [5.41, 5.74) is 2.81. The van der Waals surface area contributed by atoms with E-state index in [1.54, 1.807) is 0 Å². The molecule has 0 spiro atoms. The fourth-order valence-corrected chi connectivity index (χ4v) is 4.46. The average molecular weight is 530 g/mol. The predicted octanol–water partition coefficient (Wildman–Crippen LogP) is 5.07. The maximum atomic E-state index is 13.5. The normalized spacial score (nSPS) is 13.3. The number of hydrogen-bond donors (Lipinski definition) is 2. The molecule has 0 saturated heterocycles. The van der Waals surface area contributed by atoms with E-state index in [9.17, 15) is 19.5 Å². The number of carbonyl (C=O) groups excluding carboxylic acids is 3. The molecule has 0 unspecified atom stereocenters. The number of Topliss-reactive ketones (excluding diaryl/α,β-unsaturated/α-hetero) is 1. The van der Waals surface area contributed by atoms with Crippen molar-refractivity contribution >= 4 is 17.7 Å². The number of carbonyl (C=O) groups is 3. The summed E-state index contributed by atoms with van der Waals surface area (Å²) in [6, 6.07) is 27.7. The summed E-state index contributed by atoms with van der Waals surface area (Å²) in [6.45, 7) is 4.06. The van der Waals surface area contributed by atoms with Gasteiger partial charge in [0.1, 0.15) is 12.7 Å². The van der Waals surface area contributed by atoms with Crippen molar-refractivity contribution in [1.29, 1.82) is 0 Å². The van der Waals surface area contributed by atoms with Crippen molar-refractivity contribution in [2.45, 2.75) is 64.7 Å². The number of aryl methyl sites for hydroxylation is 1. The molecule has 3 rings (SSSR count). The summed E-state index contributed by atoms with van der Waals surface area (Å²) in [5.74, 6) is -1.84. The molecule has 0 aliphatic rings. The van der Waals surface area contributed by atoms with Crippen LogP contribution in [0.15, 0.2) is 91.0 Å². The highest BCUT2D eigenvalue weighted by atomic mass is 16.5. The number of aliphatic hydroxyl groups excluding tert-OH is 1. The van der Waals surface area contributed by atoms with Crippen LogP contribution in [0.25, 0.3) is 0 Å². The molecule has 0 fully saturated rings. The number of ether oxygens (including phenoxy) is 1. The Hall–Kier alpha value is -3.77. The lowest BCUT2D eigenvalue weighted by Crippen LogP contribution is -2.47. The van der Waals surface area contributed by atoms with Gasteiger partial charge >= 0.3 is 5.97 Å². The molecule has 3 aromatic carbocycles. The molecule has 1 amide bonds. The highest BCUT2D eigenvalue weighted by Gasteiger charge is 2.30. The monoisotopic (exact) mass is 529 g/mol. The highest BCUT2D eigenvalue weighted by molar-refractivity contribution is 5.92. The fourth-order valence-electron chi connectivity index (χ4n) is 4.46. The Morgan fingerprint density at radius 1 is 0.795 bits per heavy atom. The van der Waals surface area contributed by atoms with E-state index in [4.69, 9.17) is 4.74 Å². The van der Waals surface area contributed by atoms with Gasteiger partial charge in [0.25, 0.3) is 0 Å². The lowest BCUT2D eigenvalue weighted by atomic mass is 9.89. The zero-order valence-corrected chi connectivity index (χ0v) is 22.8. The molecule has 0 aliphatic carbocycles. The standard InChI is InChI=1S/C33H39NO5/c1-24(2)20-29(34-32(37)30(35)19-18-25-12-6-3-7-13-25)31(36)22-28(21-26-14-8-4-9-15-26)33(38)39-23-27-16-10-5-11-17-27/h3-17,24,28-30,35H,18-23H2,1-2H3,(H,34,37)/t28-,29+,30+/m1/s1. The summed E-state index contributed by atoms with van der Waals surface area (Å²) in [5, 5.41) is 13.2. The molecule has 3 aromatic rings. The van der Waals surface area contributed by atoms with Crippen molar-refractivity contribution in [3.05, 3.63) is 108 Å². The molecule has 2 N–H and O–H groups in total. The third-order valence-electron chi connectivity index (χ3n) is 6.59. The maximum Gasteiger partial charge on any atom is 0.310 e. The van der Waals surface area contributed by atoms with Crippen LogP contribution >= 0.6 is 0 Å². The van der Waals surface area contributed by atoms with Gasteiger partial charge in [0.2, 0.25) is 5.91 Å². The second-order valence-corrected chi connectivity index (χ2v) is 10.4. The molecule has 6 heteroatoms. The van der Waals surface area contributed by atoms with Gasteiger partial charge < -0.3 is 15.2 Å². The lowest BCUT2D eigenvalue weighted by Gasteiger charge is -2.23. The number of ketones is 1. The Bertz CT molecular complexity index is 1160. The van der Waals surface area contributed by atoms with Gasteiger partial charge in [0.15, 0.2) is 5.78 Å². The van der Waals surface area contributed by atoms with E-state index in [2.05, 4.69) is 5.32 Å². The minimum Gasteiger partial charge on any atom is -0.461 e. The maximum absolute atomic E-state index is 13.5. The van der Waals surface area contributed by atoms with Crippen molar-refractivity contribution in [3.8, 4) is 0 Å². The highest BCUT2D eigenvalue weighted by Crippen LogP contribution is 2.19. The first kappa shape index (κ1) is 29.8. The molecular formula is C33H39NO5. The molecule has 0 radical (unpaired) electrons. The number of benzene rings is 3. The van der Waals surface area contributed by atoms with E-state index in [0.717, 1.165) is 16.7 Å². The number of amides is 1. The number of hydrogen-bond acceptors (Lipinski definition) is 5. The van der Waals surface area contributed by atoms with Crippen LogP contribution < -0.4 is 5.32 Å². The number of rotatable bonds is 15. The van der Waals surface area contributed by atoms with Crippen LogP contribution in [0.2, 0.25) is 0 Å². The molecular weight excluding hydrogens is 490 g/mol. The van der Waals surface area contributed by atoms with Crippen molar-refractivity contribution in [3.63, 3.8) is 0 Å². The van der Waals surface area contributed by atoms with Crippen LogP contribution in [-0.2, 0) is 38.6 Å². The SMILES string of the molecule is CC(C)C[C@H](NC(=O)[C@@H](O)CCc1ccccc1)C(=O)C[C@@H](Cc1ccccc1)C(=O)OCc1ccccc1. The van der Waals surface area contributed by atoms with E-state index < -0.39 is 29.9 Å². The van der Waals surface area contributed by atoms with Gasteiger partial charge in [-0.3, -0.25) is 14.4 Å². The minimum absolute atomic E-state index is 0.0692. The molecule has 3 atom stereocenters. The van der Waals surface area contributed by atoms with Gasteiger partial charge in [-0.15, -0.1) is 0 Å². The Labute approximate surface area is 231 Å². The van der Waals surface area contributed by atoms with Crippen molar-refractivity contribution in [1.82, 2.24) is 5.32 Å². The summed E-state index contributed by atoms with van der Waals surface area (Å²) in [4.78, 5) is 39.5. The van der Waals surface area contributed by atoms with Crippen molar-refractivity contribution < 1.29 is 24.2 Å². The molecule has 0 aromatic heterocycles. The first-order valence-electron chi connectivity index (χ1n) is 13.6. The zero-order chi connectivity index (χ0) is 28.0. The largest absolute Gasteiger partial charge is 0.461 e. The van der Waals surface area contributed by atoms with Gasteiger partial charge in [-0.05, 0) is 48.3 Å². The summed E-state index contributed by atoms with van der Waals surface area (Å²) in [6.07, 6.45) is 0.254. The molecule has 0 bridgehead atoms. The number of esters is 1. The molecule has 39 heavy (non-hydrogen) atoms. The molecule has 206 valence electrons. The van der Waals surface area contributed by atoms with Crippen LogP contribution in [0.4, 0.5) is 0 Å². The van der Waals surface area contributed by atoms with Crippen LogP contribution in [0.1, 0.15) is 49.8 Å². The second-order valence-electron chi connectivity index (χ2n) is 10.4. The predicted molar refractivity (Wildman–Crippen MR) is 152 cm³/mol. The number of nitrogens with one attached hydrogen (secondary N) is 1. The topological polar surface area (TPSA) is 92.7 Å². The molecule has 0 aliphatic heterocycles. The van der Waals surface area contributed by atoms with E-state index in [1.807, 2.05) is 105 Å². The van der Waals surface area contributed by atoms with Crippen molar-refractivity contribution in [2.75, 3.05) is 0 Å². The van der Waals surface area contributed by atoms with Gasteiger partial charge in [-0.25, -0.2) is 0 Å². The lowest BCUT2D eigenvalue weighted by molar-refractivity contribution is -0.151. The molecule has 0 heterocycles. The van der Waals surface area contributed by atoms with E-state index in [0.29, 0.717) is 19.3 Å². The Balaban J connectivity index is 1.66. The van der Waals surface area contributed by atoms with Gasteiger partial charge in [-0.1, -0.05) is 105 Å². The minimum atomic E-state index is -1.23. The van der Waals surface area contributed by atoms with Gasteiger partial charge in [0.05, 0.1) is 12.0 Å². The van der Waals surface area contributed by atoms with E-state index >= 15 is 0 Å². The smallest absolute Gasteiger partial charge is 0.310 e. The summed E-state index contributed by atoms with van der Waals surface area (Å²) in [7, 11) is 0. The van der Waals surface area contributed by atoms with E-state index in [1.165, 1.54) is 0 Å².